The highest BCUT2D eigenvalue weighted by molar-refractivity contribution is 7.17. The molecule has 4 heterocycles. The highest BCUT2D eigenvalue weighted by atomic mass is 32.1. The summed E-state index contributed by atoms with van der Waals surface area (Å²) in [5, 5.41) is 0.295. The maximum Gasteiger partial charge on any atom is 0.350 e. The summed E-state index contributed by atoms with van der Waals surface area (Å²) < 4.78 is 11.2. The van der Waals surface area contributed by atoms with Crippen LogP contribution >= 0.6 is 11.3 Å². The molecular formula is C29H21N3O6S. The predicted octanol–water partition coefficient (Wildman–Crippen LogP) is 4.34. The van der Waals surface area contributed by atoms with Gasteiger partial charge in [0, 0.05) is 12.1 Å². The number of anilines is 2. The Bertz CT molecular complexity index is 1800. The van der Waals surface area contributed by atoms with Crippen LogP contribution in [0.1, 0.15) is 37.0 Å². The molecule has 2 amide bonds. The first-order chi connectivity index (χ1) is 18.9. The summed E-state index contributed by atoms with van der Waals surface area (Å²) >= 11 is 0.902. The number of rotatable bonds is 6. The van der Waals surface area contributed by atoms with Crippen LogP contribution in [0.5, 0.6) is 0 Å². The molecule has 1 atom stereocenters. The maximum atomic E-state index is 14.5. The number of esters is 1. The summed E-state index contributed by atoms with van der Waals surface area (Å²) in [4.78, 5) is 62.8. The number of para-hydroxylation sites is 2. The van der Waals surface area contributed by atoms with Crippen LogP contribution in [0.25, 0.3) is 11.0 Å². The third-order valence-corrected chi connectivity index (χ3v) is 7.96. The Morgan fingerprint density at radius 1 is 1.10 bits per heavy atom. The van der Waals surface area contributed by atoms with Gasteiger partial charge >= 0.3 is 5.97 Å². The maximum absolute atomic E-state index is 14.5. The molecule has 2 aliphatic heterocycles. The standard InChI is InChI=1S/C29H21N3O6S/c1-4-14-31-19-12-8-7-11-18(19)29(27(31)36)21-22(33)17-10-6-9-13-20(17)38-23(21)25(34)32(29)28-30-16(3)24(39-28)26(35)37-15-5-2/h4-13H,1-2,14-15H2,3H3. The van der Waals surface area contributed by atoms with Crippen molar-refractivity contribution in [3.63, 3.8) is 0 Å². The summed E-state index contributed by atoms with van der Waals surface area (Å²) in [7, 11) is 0. The van der Waals surface area contributed by atoms with E-state index in [9.17, 15) is 19.2 Å². The first-order valence-electron chi connectivity index (χ1n) is 12.0. The third kappa shape index (κ3) is 3.21. The van der Waals surface area contributed by atoms with E-state index in [-0.39, 0.29) is 45.5 Å². The highest BCUT2D eigenvalue weighted by Crippen LogP contribution is 2.54. The van der Waals surface area contributed by atoms with Crippen molar-refractivity contribution in [3.05, 3.63) is 112 Å². The van der Waals surface area contributed by atoms with Crippen molar-refractivity contribution in [1.29, 1.82) is 0 Å². The van der Waals surface area contributed by atoms with Gasteiger partial charge in [0.1, 0.15) is 17.1 Å². The van der Waals surface area contributed by atoms with Gasteiger partial charge in [-0.1, -0.05) is 60.4 Å². The zero-order chi connectivity index (χ0) is 27.5. The lowest BCUT2D eigenvalue weighted by atomic mass is 9.84. The second kappa shape index (κ2) is 8.88. The van der Waals surface area contributed by atoms with E-state index in [1.807, 2.05) is 0 Å². The van der Waals surface area contributed by atoms with Gasteiger partial charge in [0.2, 0.25) is 5.76 Å². The molecule has 0 bridgehead atoms. The normalized spacial score (nSPS) is 17.6. The van der Waals surface area contributed by atoms with Crippen molar-refractivity contribution in [2.45, 2.75) is 12.5 Å². The van der Waals surface area contributed by atoms with Crippen LogP contribution < -0.4 is 15.2 Å². The fourth-order valence-electron chi connectivity index (χ4n) is 5.29. The molecule has 0 saturated carbocycles. The molecule has 194 valence electrons. The molecule has 0 aliphatic carbocycles. The van der Waals surface area contributed by atoms with Crippen LogP contribution in [-0.4, -0.2) is 35.9 Å². The highest BCUT2D eigenvalue weighted by Gasteiger charge is 2.66. The number of amides is 2. The van der Waals surface area contributed by atoms with Crippen LogP contribution in [0.4, 0.5) is 10.8 Å². The Hall–Kier alpha value is -4.83. The SMILES string of the molecule is C=CCOC(=O)c1sc(N2C(=O)c3oc4ccccc4c(=O)c3C23C(=O)N(CC=C)c2ccccc23)nc1C. The largest absolute Gasteiger partial charge is 0.457 e. The topological polar surface area (TPSA) is 110 Å². The number of benzene rings is 2. The molecule has 6 rings (SSSR count). The first kappa shape index (κ1) is 24.5. The molecule has 0 saturated heterocycles. The predicted molar refractivity (Wildman–Crippen MR) is 146 cm³/mol. The smallest absolute Gasteiger partial charge is 0.350 e. The minimum Gasteiger partial charge on any atom is -0.457 e. The van der Waals surface area contributed by atoms with Crippen molar-refractivity contribution in [1.82, 2.24) is 4.98 Å². The summed E-state index contributed by atoms with van der Waals surface area (Å²) in [6.07, 6.45) is 3.01. The fraction of sp³-hybridized carbons (Fsp3) is 0.138. The number of aryl methyl sites for hydroxylation is 1. The lowest BCUT2D eigenvalue weighted by Crippen LogP contribution is -2.53. The average molecular weight is 540 g/mol. The van der Waals surface area contributed by atoms with Gasteiger partial charge in [-0.15, -0.1) is 6.58 Å². The molecule has 1 unspecified atom stereocenters. The van der Waals surface area contributed by atoms with Gasteiger partial charge in [0.25, 0.3) is 11.8 Å². The lowest BCUT2D eigenvalue weighted by Gasteiger charge is -2.32. The van der Waals surface area contributed by atoms with Crippen molar-refractivity contribution in [3.8, 4) is 0 Å². The van der Waals surface area contributed by atoms with E-state index in [0.29, 0.717) is 16.9 Å². The number of carbonyl (C=O) groups is 3. The first-order valence-corrected chi connectivity index (χ1v) is 12.9. The van der Waals surface area contributed by atoms with Crippen LogP contribution in [0.2, 0.25) is 0 Å². The van der Waals surface area contributed by atoms with Crippen molar-refractivity contribution in [2.24, 2.45) is 0 Å². The van der Waals surface area contributed by atoms with Gasteiger partial charge in [-0.05, 0) is 25.1 Å². The number of aromatic nitrogens is 1. The van der Waals surface area contributed by atoms with Crippen molar-refractivity contribution < 1.29 is 23.5 Å². The van der Waals surface area contributed by atoms with Crippen LogP contribution in [-0.2, 0) is 15.1 Å². The van der Waals surface area contributed by atoms with Gasteiger partial charge < -0.3 is 14.1 Å². The van der Waals surface area contributed by atoms with Crippen molar-refractivity contribution in [2.75, 3.05) is 23.0 Å². The molecule has 0 fully saturated rings. The number of carbonyl (C=O) groups excluding carboxylic acids is 3. The Kier molecular flexibility index (Phi) is 5.58. The van der Waals surface area contributed by atoms with Gasteiger partial charge in [0.15, 0.2) is 16.1 Å². The van der Waals surface area contributed by atoms with Gasteiger partial charge in [-0.2, -0.15) is 0 Å². The van der Waals surface area contributed by atoms with Crippen LogP contribution in [0, 0.1) is 6.92 Å². The van der Waals surface area contributed by atoms with E-state index in [1.54, 1.807) is 61.5 Å². The summed E-state index contributed by atoms with van der Waals surface area (Å²) in [5.74, 6) is -2.12. The average Bonchev–Trinajstić information content (AvgIpc) is 3.53. The zero-order valence-electron chi connectivity index (χ0n) is 20.8. The second-order valence-corrected chi connectivity index (χ2v) is 9.98. The number of thiazole rings is 1. The fourth-order valence-corrected chi connectivity index (χ4v) is 6.30. The van der Waals surface area contributed by atoms with E-state index in [4.69, 9.17) is 9.15 Å². The van der Waals surface area contributed by atoms with Crippen LogP contribution in [0.3, 0.4) is 0 Å². The Morgan fingerprint density at radius 3 is 2.62 bits per heavy atom. The third-order valence-electron chi connectivity index (χ3n) is 6.84. The number of nitrogens with zero attached hydrogens (tertiary/aromatic N) is 3. The van der Waals surface area contributed by atoms with E-state index >= 15 is 0 Å². The minimum absolute atomic E-state index is 0.00306. The monoisotopic (exact) mass is 539 g/mol. The number of fused-ring (bicyclic) bond motifs is 5. The quantitative estimate of drug-likeness (QED) is 0.265. The molecule has 39 heavy (non-hydrogen) atoms. The molecule has 2 aliphatic rings. The molecule has 9 nitrogen and oxygen atoms in total. The van der Waals surface area contributed by atoms with E-state index in [1.165, 1.54) is 15.9 Å². The van der Waals surface area contributed by atoms with Crippen LogP contribution in [0.15, 0.2) is 83.1 Å². The molecule has 4 aromatic rings. The van der Waals surface area contributed by atoms with Gasteiger partial charge in [-0.25, -0.2) is 9.78 Å². The number of ether oxygens (including phenoxy) is 1. The molecule has 0 radical (unpaired) electrons. The Morgan fingerprint density at radius 2 is 1.85 bits per heavy atom. The molecule has 1 spiro atoms. The summed E-state index contributed by atoms with van der Waals surface area (Å²) in [5.41, 5.74) is -0.992. The molecule has 0 N–H and O–H groups in total. The van der Waals surface area contributed by atoms with E-state index in [0.717, 1.165) is 11.3 Å². The number of hydrogen-bond acceptors (Lipinski definition) is 8. The van der Waals surface area contributed by atoms with Gasteiger partial charge in [-0.3, -0.25) is 19.3 Å². The van der Waals surface area contributed by atoms with Gasteiger partial charge in [0.05, 0.1) is 22.3 Å². The van der Waals surface area contributed by atoms with Crippen molar-refractivity contribution >= 4 is 50.9 Å². The Labute approximate surface area is 226 Å². The lowest BCUT2D eigenvalue weighted by molar-refractivity contribution is -0.121. The van der Waals surface area contributed by atoms with E-state index in [2.05, 4.69) is 18.1 Å². The molecule has 2 aromatic carbocycles. The van der Waals surface area contributed by atoms with E-state index < -0.39 is 28.8 Å². The molecular weight excluding hydrogens is 518 g/mol. The number of hydrogen-bond donors (Lipinski definition) is 0. The summed E-state index contributed by atoms with van der Waals surface area (Å²) in [6.45, 7) is 9.07. The Balaban J connectivity index is 1.69. The molecule has 2 aromatic heterocycles. The second-order valence-electron chi connectivity index (χ2n) is 9.00. The zero-order valence-corrected chi connectivity index (χ0v) is 21.6. The minimum atomic E-state index is -1.90. The summed E-state index contributed by atoms with van der Waals surface area (Å²) in [6, 6.07) is 13.5. The molecule has 10 heteroatoms.